The van der Waals surface area contributed by atoms with Crippen molar-refractivity contribution in [2.75, 3.05) is 5.32 Å². The first-order chi connectivity index (χ1) is 10.6. The fraction of sp³-hybridized carbons (Fsp3) is 0.312. The second kappa shape index (κ2) is 6.09. The molecule has 0 aliphatic rings. The van der Waals surface area contributed by atoms with Crippen LogP contribution in [0.2, 0.25) is 0 Å². The van der Waals surface area contributed by atoms with Crippen molar-refractivity contribution in [2.24, 2.45) is 5.92 Å². The Bertz CT molecular complexity index is 781. The number of rotatable bonds is 5. The molecule has 0 aliphatic heterocycles. The van der Waals surface area contributed by atoms with E-state index in [0.717, 1.165) is 13.0 Å². The van der Waals surface area contributed by atoms with Crippen LogP contribution < -0.4 is 5.32 Å². The van der Waals surface area contributed by atoms with Crippen molar-refractivity contribution in [3.8, 4) is 0 Å². The third kappa shape index (κ3) is 3.21. The van der Waals surface area contributed by atoms with Crippen LogP contribution in [0.1, 0.15) is 20.3 Å². The Kier molecular flexibility index (Phi) is 4.00. The minimum absolute atomic E-state index is 0.312. The van der Waals surface area contributed by atoms with Gasteiger partial charge in [-0.2, -0.15) is 5.10 Å². The Morgan fingerprint density at radius 1 is 1.23 bits per heavy atom. The highest BCUT2D eigenvalue weighted by molar-refractivity contribution is 5.90. The smallest absolute Gasteiger partial charge is 0.153 e. The lowest BCUT2D eigenvalue weighted by molar-refractivity contribution is 0.488. The number of hydrogen-bond donors (Lipinski definition) is 1. The number of nitrogens with zero attached hydrogens (tertiary/aromatic N) is 4. The molecule has 0 saturated carbocycles. The van der Waals surface area contributed by atoms with Crippen molar-refractivity contribution in [2.45, 2.75) is 26.8 Å². The molecule has 2 heterocycles. The van der Waals surface area contributed by atoms with E-state index in [1.165, 1.54) is 18.5 Å². The molecule has 0 saturated heterocycles. The molecule has 3 rings (SSSR count). The normalized spacial score (nSPS) is 11.3. The molecule has 0 radical (unpaired) electrons. The van der Waals surface area contributed by atoms with Gasteiger partial charge in [-0.3, -0.25) is 4.68 Å². The van der Waals surface area contributed by atoms with Crippen molar-refractivity contribution in [1.29, 1.82) is 0 Å². The highest BCUT2D eigenvalue weighted by atomic mass is 19.1. The number of halogens is 1. The zero-order valence-corrected chi connectivity index (χ0v) is 12.6. The van der Waals surface area contributed by atoms with Gasteiger partial charge in [0.05, 0.1) is 5.52 Å². The number of anilines is 2. The van der Waals surface area contributed by atoms with Gasteiger partial charge < -0.3 is 5.32 Å². The van der Waals surface area contributed by atoms with E-state index in [0.29, 0.717) is 28.5 Å². The first-order valence-electron chi connectivity index (χ1n) is 7.32. The molecule has 1 aromatic carbocycles. The number of aromatic nitrogens is 4. The molecule has 0 atom stereocenters. The van der Waals surface area contributed by atoms with E-state index in [9.17, 15) is 4.39 Å². The minimum Gasteiger partial charge on any atom is -0.323 e. The quantitative estimate of drug-likeness (QED) is 0.779. The lowest BCUT2D eigenvalue weighted by Crippen LogP contribution is -2.03. The molecule has 0 fully saturated rings. The van der Waals surface area contributed by atoms with Crippen molar-refractivity contribution < 1.29 is 4.39 Å². The SMILES string of the molecule is CC(C)CCn1ccc(Nc2ncnc3ccc(F)cc23)n1. The maximum absolute atomic E-state index is 13.4. The van der Waals surface area contributed by atoms with Crippen LogP contribution in [-0.4, -0.2) is 19.7 Å². The monoisotopic (exact) mass is 299 g/mol. The van der Waals surface area contributed by atoms with E-state index in [-0.39, 0.29) is 5.82 Å². The van der Waals surface area contributed by atoms with Gasteiger partial charge in [-0.05, 0) is 30.5 Å². The largest absolute Gasteiger partial charge is 0.323 e. The summed E-state index contributed by atoms with van der Waals surface area (Å²) >= 11 is 0. The predicted molar refractivity (Wildman–Crippen MR) is 84.5 cm³/mol. The maximum Gasteiger partial charge on any atom is 0.153 e. The van der Waals surface area contributed by atoms with Crippen molar-refractivity contribution in [3.05, 3.63) is 42.6 Å². The highest BCUT2D eigenvalue weighted by Crippen LogP contribution is 2.22. The van der Waals surface area contributed by atoms with Crippen LogP contribution in [0.25, 0.3) is 10.9 Å². The topological polar surface area (TPSA) is 55.6 Å². The summed E-state index contributed by atoms with van der Waals surface area (Å²) in [5, 5.41) is 8.23. The molecule has 0 spiro atoms. The lowest BCUT2D eigenvalue weighted by atomic mass is 10.1. The molecule has 0 amide bonds. The number of nitrogens with one attached hydrogen (secondary N) is 1. The summed E-state index contributed by atoms with van der Waals surface area (Å²) in [6.45, 7) is 5.24. The summed E-state index contributed by atoms with van der Waals surface area (Å²) in [5.41, 5.74) is 0.693. The average Bonchev–Trinajstić information content (AvgIpc) is 2.93. The van der Waals surface area contributed by atoms with Crippen LogP contribution in [0.5, 0.6) is 0 Å². The van der Waals surface area contributed by atoms with Crippen molar-refractivity contribution in [1.82, 2.24) is 19.7 Å². The summed E-state index contributed by atoms with van der Waals surface area (Å²) in [4.78, 5) is 8.32. The number of hydrogen-bond acceptors (Lipinski definition) is 4. The number of benzene rings is 1. The number of fused-ring (bicyclic) bond motifs is 1. The molecule has 0 aliphatic carbocycles. The fourth-order valence-electron chi connectivity index (χ4n) is 2.19. The second-order valence-corrected chi connectivity index (χ2v) is 5.66. The summed E-state index contributed by atoms with van der Waals surface area (Å²) in [6.07, 6.45) is 4.45. The second-order valence-electron chi connectivity index (χ2n) is 5.66. The van der Waals surface area contributed by atoms with Gasteiger partial charge >= 0.3 is 0 Å². The molecule has 5 nitrogen and oxygen atoms in total. The predicted octanol–water partition coefficient (Wildman–Crippen LogP) is 3.76. The number of aryl methyl sites for hydroxylation is 1. The molecule has 0 unspecified atom stereocenters. The Balaban J connectivity index is 1.83. The van der Waals surface area contributed by atoms with Gasteiger partial charge in [0.15, 0.2) is 5.82 Å². The van der Waals surface area contributed by atoms with Crippen LogP contribution in [0.3, 0.4) is 0 Å². The van der Waals surface area contributed by atoms with Gasteiger partial charge in [0, 0.05) is 24.2 Å². The van der Waals surface area contributed by atoms with Crippen molar-refractivity contribution in [3.63, 3.8) is 0 Å². The lowest BCUT2D eigenvalue weighted by Gasteiger charge is -2.06. The van der Waals surface area contributed by atoms with Crippen molar-refractivity contribution >= 4 is 22.5 Å². The minimum atomic E-state index is -0.312. The van der Waals surface area contributed by atoms with Crippen LogP contribution in [0.4, 0.5) is 16.0 Å². The molecular formula is C16H18FN5. The summed E-state index contributed by atoms with van der Waals surface area (Å²) in [7, 11) is 0. The first-order valence-corrected chi connectivity index (χ1v) is 7.32. The fourth-order valence-corrected chi connectivity index (χ4v) is 2.19. The van der Waals surface area contributed by atoms with Gasteiger partial charge in [-0.25, -0.2) is 14.4 Å². The Morgan fingerprint density at radius 2 is 2.09 bits per heavy atom. The summed E-state index contributed by atoms with van der Waals surface area (Å²) in [5.74, 6) is 1.56. The molecule has 1 N–H and O–H groups in total. The third-order valence-electron chi connectivity index (χ3n) is 3.42. The molecular weight excluding hydrogens is 281 g/mol. The van der Waals surface area contributed by atoms with Gasteiger partial charge in [0.2, 0.25) is 0 Å². The van der Waals surface area contributed by atoms with E-state index in [4.69, 9.17) is 0 Å². The van der Waals surface area contributed by atoms with E-state index < -0.39 is 0 Å². The van der Waals surface area contributed by atoms with Gasteiger partial charge in [-0.1, -0.05) is 13.8 Å². The summed E-state index contributed by atoms with van der Waals surface area (Å²) < 4.78 is 15.3. The molecule has 2 aromatic heterocycles. The molecule has 0 bridgehead atoms. The van der Waals surface area contributed by atoms with E-state index in [1.54, 1.807) is 6.07 Å². The van der Waals surface area contributed by atoms with E-state index >= 15 is 0 Å². The Labute approximate surface area is 128 Å². The zero-order valence-electron chi connectivity index (χ0n) is 12.6. The molecule has 114 valence electrons. The van der Waals surface area contributed by atoms with E-state index in [2.05, 4.69) is 34.2 Å². The van der Waals surface area contributed by atoms with Gasteiger partial charge in [0.25, 0.3) is 0 Å². The zero-order chi connectivity index (χ0) is 15.5. The van der Waals surface area contributed by atoms with Crippen LogP contribution in [0.15, 0.2) is 36.8 Å². The van der Waals surface area contributed by atoms with Crippen LogP contribution >= 0.6 is 0 Å². The molecule has 6 heteroatoms. The van der Waals surface area contributed by atoms with Crippen LogP contribution in [0, 0.1) is 11.7 Å². The van der Waals surface area contributed by atoms with E-state index in [1.807, 2.05) is 16.9 Å². The first kappa shape index (κ1) is 14.4. The maximum atomic E-state index is 13.4. The average molecular weight is 299 g/mol. The van der Waals surface area contributed by atoms with Gasteiger partial charge in [0.1, 0.15) is 18.0 Å². The molecule has 22 heavy (non-hydrogen) atoms. The standard InChI is InChI=1S/C16H18FN5/c1-11(2)5-7-22-8-6-15(21-22)20-16-13-9-12(17)3-4-14(13)18-10-19-16/h3-4,6,8-11H,5,7H2,1-2H3,(H,18,19,20,21). The van der Waals surface area contributed by atoms with Crippen LogP contribution in [-0.2, 0) is 6.54 Å². The highest BCUT2D eigenvalue weighted by Gasteiger charge is 2.07. The van der Waals surface area contributed by atoms with Gasteiger partial charge in [-0.15, -0.1) is 0 Å². The molecule has 3 aromatic rings. The Hall–Kier alpha value is -2.50. The Morgan fingerprint density at radius 3 is 2.91 bits per heavy atom. The third-order valence-corrected chi connectivity index (χ3v) is 3.42. The summed E-state index contributed by atoms with van der Waals surface area (Å²) in [6, 6.07) is 6.33.